The van der Waals surface area contributed by atoms with Gasteiger partial charge < -0.3 is 20.3 Å². The summed E-state index contributed by atoms with van der Waals surface area (Å²) in [6, 6.07) is -0.534. The van der Waals surface area contributed by atoms with Crippen molar-refractivity contribution in [2.75, 3.05) is 13.2 Å². The van der Waals surface area contributed by atoms with E-state index >= 15 is 0 Å². The van der Waals surface area contributed by atoms with E-state index < -0.39 is 12.1 Å². The zero-order valence-electron chi connectivity index (χ0n) is 48.5. The number of hydrogen-bond donors (Lipinski definition) is 3. The van der Waals surface area contributed by atoms with Gasteiger partial charge in [-0.05, 0) is 25.7 Å². The van der Waals surface area contributed by atoms with Gasteiger partial charge >= 0.3 is 5.97 Å². The normalized spacial score (nSPS) is 12.5. The summed E-state index contributed by atoms with van der Waals surface area (Å²) in [7, 11) is 0. The van der Waals surface area contributed by atoms with Gasteiger partial charge in [0.25, 0.3) is 0 Å². The maximum atomic E-state index is 12.4. The molecule has 0 spiro atoms. The first-order chi connectivity index (χ1) is 35.0. The van der Waals surface area contributed by atoms with Crippen LogP contribution >= 0.6 is 0 Å². The summed E-state index contributed by atoms with van der Waals surface area (Å²) in [5.74, 6) is -0.00727. The number of hydrogen-bond acceptors (Lipinski definition) is 5. The zero-order valence-corrected chi connectivity index (χ0v) is 48.5. The van der Waals surface area contributed by atoms with E-state index in [0.29, 0.717) is 25.9 Å². The number of esters is 1. The smallest absolute Gasteiger partial charge is 0.305 e. The van der Waals surface area contributed by atoms with E-state index in [0.717, 1.165) is 38.5 Å². The lowest BCUT2D eigenvalue weighted by atomic mass is 10.0. The molecule has 0 aromatic heterocycles. The van der Waals surface area contributed by atoms with Gasteiger partial charge in [0.2, 0.25) is 5.91 Å². The van der Waals surface area contributed by atoms with Gasteiger partial charge in [0, 0.05) is 12.8 Å². The molecule has 71 heavy (non-hydrogen) atoms. The molecule has 0 aromatic rings. The summed E-state index contributed by atoms with van der Waals surface area (Å²) in [6.07, 6.45) is 73.0. The number of aliphatic hydroxyl groups excluding tert-OH is 2. The molecule has 0 saturated heterocycles. The van der Waals surface area contributed by atoms with Crippen molar-refractivity contribution in [3.63, 3.8) is 0 Å². The fourth-order valence-corrected chi connectivity index (χ4v) is 10.6. The van der Waals surface area contributed by atoms with Crippen molar-refractivity contribution in [2.24, 2.45) is 0 Å². The van der Waals surface area contributed by atoms with Crippen LogP contribution in [0.15, 0.2) is 0 Å². The van der Waals surface area contributed by atoms with Crippen molar-refractivity contribution < 1.29 is 24.5 Å². The fraction of sp³-hybridized carbons (Fsp3) is 0.969. The first-order valence-corrected chi connectivity index (χ1v) is 32.8. The molecule has 0 heterocycles. The average Bonchev–Trinajstić information content (AvgIpc) is 3.37. The molecule has 0 fully saturated rings. The second kappa shape index (κ2) is 61.4. The lowest BCUT2D eigenvalue weighted by Gasteiger charge is -2.22. The summed E-state index contributed by atoms with van der Waals surface area (Å²) in [5.41, 5.74) is 0. The number of carbonyl (C=O) groups excluding carboxylic acids is 2. The maximum Gasteiger partial charge on any atom is 0.305 e. The minimum atomic E-state index is -0.657. The molecular formula is C65H129NO5. The van der Waals surface area contributed by atoms with Crippen LogP contribution in [0.2, 0.25) is 0 Å². The lowest BCUT2D eigenvalue weighted by molar-refractivity contribution is -0.143. The van der Waals surface area contributed by atoms with Crippen LogP contribution in [-0.4, -0.2) is 47.4 Å². The maximum absolute atomic E-state index is 12.4. The number of aliphatic hydroxyl groups is 2. The first kappa shape index (κ1) is 69.9. The lowest BCUT2D eigenvalue weighted by Crippen LogP contribution is -2.45. The number of unbranched alkanes of at least 4 members (excludes halogenated alkanes) is 51. The SMILES string of the molecule is CCCCCCCCCCCCCCCCC(=O)OCCCCCCCCCCCCCCCCCCCCCCCCCCCCCCCCCC(=O)NC(CO)C(O)CCCCCCCCCCC. The first-order valence-electron chi connectivity index (χ1n) is 32.8. The largest absolute Gasteiger partial charge is 0.466 e. The van der Waals surface area contributed by atoms with E-state index in [1.807, 2.05) is 0 Å². The molecule has 0 aliphatic heterocycles. The quantitative estimate of drug-likeness (QED) is 0.0417. The Hall–Kier alpha value is -1.14. The highest BCUT2D eigenvalue weighted by atomic mass is 16.5. The van der Waals surface area contributed by atoms with Crippen LogP contribution in [0.4, 0.5) is 0 Å². The molecule has 0 aliphatic carbocycles. The summed E-state index contributed by atoms with van der Waals surface area (Å²) >= 11 is 0. The molecule has 0 rings (SSSR count). The van der Waals surface area contributed by atoms with Gasteiger partial charge in [0.05, 0.1) is 25.4 Å². The molecule has 6 nitrogen and oxygen atoms in total. The third-order valence-corrected chi connectivity index (χ3v) is 15.7. The van der Waals surface area contributed by atoms with Crippen molar-refractivity contribution in [1.29, 1.82) is 0 Å². The average molecular weight is 1000 g/mol. The Morgan fingerprint density at radius 3 is 0.859 bits per heavy atom. The van der Waals surface area contributed by atoms with E-state index in [4.69, 9.17) is 4.74 Å². The van der Waals surface area contributed by atoms with Gasteiger partial charge in [0.1, 0.15) is 0 Å². The highest BCUT2D eigenvalue weighted by Gasteiger charge is 2.20. The van der Waals surface area contributed by atoms with E-state index in [1.165, 1.54) is 308 Å². The van der Waals surface area contributed by atoms with Crippen LogP contribution in [0.1, 0.15) is 380 Å². The van der Waals surface area contributed by atoms with E-state index in [2.05, 4.69) is 19.2 Å². The highest BCUT2D eigenvalue weighted by Crippen LogP contribution is 2.19. The van der Waals surface area contributed by atoms with Gasteiger partial charge in [0.15, 0.2) is 0 Å². The highest BCUT2D eigenvalue weighted by molar-refractivity contribution is 5.76. The van der Waals surface area contributed by atoms with E-state index in [9.17, 15) is 19.8 Å². The number of ether oxygens (including phenoxy) is 1. The fourth-order valence-electron chi connectivity index (χ4n) is 10.6. The van der Waals surface area contributed by atoms with Gasteiger partial charge in [-0.25, -0.2) is 0 Å². The Labute approximate surface area is 445 Å². The van der Waals surface area contributed by atoms with Crippen molar-refractivity contribution in [2.45, 2.75) is 392 Å². The van der Waals surface area contributed by atoms with Crippen LogP contribution in [0.3, 0.4) is 0 Å². The molecule has 2 atom stereocenters. The molecule has 0 aliphatic rings. The van der Waals surface area contributed by atoms with E-state index in [1.54, 1.807) is 0 Å². The van der Waals surface area contributed by atoms with Crippen molar-refractivity contribution >= 4 is 11.9 Å². The predicted octanol–water partition coefficient (Wildman–Crippen LogP) is 20.6. The molecule has 0 bridgehead atoms. The Morgan fingerprint density at radius 2 is 0.577 bits per heavy atom. The Balaban J connectivity index is 3.27. The molecular weight excluding hydrogens is 875 g/mol. The molecule has 1 amide bonds. The topological polar surface area (TPSA) is 95.9 Å². The summed E-state index contributed by atoms with van der Waals surface area (Å²) < 4.78 is 5.49. The second-order valence-electron chi connectivity index (χ2n) is 22.8. The molecule has 424 valence electrons. The Bertz CT molecular complexity index is 1020. The van der Waals surface area contributed by atoms with Crippen molar-refractivity contribution in [1.82, 2.24) is 5.32 Å². The van der Waals surface area contributed by atoms with Crippen LogP contribution in [0, 0.1) is 0 Å². The van der Waals surface area contributed by atoms with Gasteiger partial charge in [-0.2, -0.15) is 0 Å². The molecule has 0 radical (unpaired) electrons. The van der Waals surface area contributed by atoms with Crippen molar-refractivity contribution in [3.8, 4) is 0 Å². The molecule has 6 heteroatoms. The number of carbonyl (C=O) groups is 2. The summed E-state index contributed by atoms with van der Waals surface area (Å²) in [4.78, 5) is 24.5. The van der Waals surface area contributed by atoms with Gasteiger partial charge in [-0.3, -0.25) is 9.59 Å². The third-order valence-electron chi connectivity index (χ3n) is 15.7. The number of amides is 1. The van der Waals surface area contributed by atoms with Crippen LogP contribution in [-0.2, 0) is 14.3 Å². The van der Waals surface area contributed by atoms with Crippen LogP contribution in [0.25, 0.3) is 0 Å². The Kier molecular flexibility index (Phi) is 60.4. The summed E-state index contributed by atoms with van der Waals surface area (Å²) in [6.45, 7) is 4.97. The third kappa shape index (κ3) is 58.0. The summed E-state index contributed by atoms with van der Waals surface area (Å²) in [5, 5.41) is 23.1. The van der Waals surface area contributed by atoms with E-state index in [-0.39, 0.29) is 18.5 Å². The molecule has 0 aromatic carbocycles. The van der Waals surface area contributed by atoms with Gasteiger partial charge in [-0.1, -0.05) is 341 Å². The standard InChI is InChI=1S/C65H129NO5/c1-3-5-7-9-11-13-14-15-36-39-43-47-51-55-59-65(70)71-60-56-52-48-44-40-37-34-32-30-28-26-24-22-20-18-16-17-19-21-23-25-27-29-31-33-35-38-42-46-50-54-58-64(69)66-62(61-67)63(68)57-53-49-45-41-12-10-8-6-4-2/h62-63,67-68H,3-61H2,1-2H3,(H,66,69). The number of nitrogens with one attached hydrogen (secondary N) is 1. The minimum absolute atomic E-state index is 0.0237. The molecule has 3 N–H and O–H groups in total. The molecule has 2 unspecified atom stereocenters. The Morgan fingerprint density at radius 1 is 0.338 bits per heavy atom. The monoisotopic (exact) mass is 1000 g/mol. The number of rotatable bonds is 62. The van der Waals surface area contributed by atoms with Crippen LogP contribution in [0.5, 0.6) is 0 Å². The predicted molar refractivity (Wildman–Crippen MR) is 310 cm³/mol. The van der Waals surface area contributed by atoms with Gasteiger partial charge in [-0.15, -0.1) is 0 Å². The minimum Gasteiger partial charge on any atom is -0.466 e. The van der Waals surface area contributed by atoms with Crippen LogP contribution < -0.4 is 5.32 Å². The molecule has 0 saturated carbocycles. The van der Waals surface area contributed by atoms with Crippen molar-refractivity contribution in [3.05, 3.63) is 0 Å². The zero-order chi connectivity index (χ0) is 51.4. The second-order valence-corrected chi connectivity index (χ2v) is 22.8.